The van der Waals surface area contributed by atoms with E-state index in [1.165, 1.54) is 0 Å². The molecule has 0 atom stereocenters. The van der Waals surface area contributed by atoms with E-state index in [0.29, 0.717) is 0 Å². The molecule has 3 N–H and O–H groups in total. The first-order valence-corrected chi connectivity index (χ1v) is 6.44. The Morgan fingerprint density at radius 1 is 1.14 bits per heavy atom. The number of hydrogen-bond acceptors (Lipinski definition) is 2. The lowest BCUT2D eigenvalue weighted by molar-refractivity contribution is 0.363. The van der Waals surface area contributed by atoms with Gasteiger partial charge in [0.15, 0.2) is 0 Å². The van der Waals surface area contributed by atoms with E-state index >= 15 is 0 Å². The normalized spacial score (nSPS) is 11.3. The molecule has 0 aliphatic carbocycles. The highest BCUT2D eigenvalue weighted by Gasteiger charge is 1.97. The molecular weight excluding hydrogens is 175 g/mol. The molecule has 7 heteroatoms. The summed E-state index contributed by atoms with van der Waals surface area (Å²) < 4.78 is 0. The van der Waals surface area contributed by atoms with E-state index in [0.717, 1.165) is 0 Å². The Hall–Kier alpha value is 0.970. The molecule has 44 valence electrons. The second kappa shape index (κ2) is 2.50. The monoisotopic (exact) mass is 178 g/mol. The zero-order valence-electron chi connectivity index (χ0n) is 3.01. The fraction of sp³-hybridized carbons (Fsp3) is 0. The van der Waals surface area contributed by atoms with Crippen molar-refractivity contribution in [3.05, 3.63) is 0 Å². The van der Waals surface area contributed by atoms with Crippen molar-refractivity contribution in [1.82, 2.24) is 0 Å². The zero-order valence-corrected chi connectivity index (χ0v) is 6.36. The SMILES string of the molecule is OP(O)(O)=S(=S)=S. The van der Waals surface area contributed by atoms with E-state index in [9.17, 15) is 0 Å². The molecule has 0 fully saturated rings. The highest BCUT2D eigenvalue weighted by atomic mass is 33.2. The minimum Gasteiger partial charge on any atom is -0.325 e. The molecule has 0 aliphatic heterocycles. The predicted octanol–water partition coefficient (Wildman–Crippen LogP) is -0.817. The summed E-state index contributed by atoms with van der Waals surface area (Å²) in [5, 5.41) is 0. The van der Waals surface area contributed by atoms with Crippen molar-refractivity contribution in [2.45, 2.75) is 0 Å². The molecule has 0 rings (SSSR count). The Kier molecular flexibility index (Phi) is 2.85. The second-order valence-corrected chi connectivity index (χ2v) is 8.87. The van der Waals surface area contributed by atoms with Crippen molar-refractivity contribution in [2.24, 2.45) is 0 Å². The Morgan fingerprint density at radius 2 is 1.29 bits per heavy atom. The van der Waals surface area contributed by atoms with Gasteiger partial charge in [-0.2, -0.15) is 0 Å². The smallest absolute Gasteiger partial charge is 0.320 e. The van der Waals surface area contributed by atoms with Gasteiger partial charge in [-0.25, -0.2) is 0 Å². The van der Waals surface area contributed by atoms with Gasteiger partial charge in [0, 0.05) is 7.19 Å². The van der Waals surface area contributed by atoms with Crippen LogP contribution in [0.15, 0.2) is 0 Å². The summed E-state index contributed by atoms with van der Waals surface area (Å²) in [6.45, 7) is -3.83. The first-order chi connectivity index (χ1) is 2.94. The van der Waals surface area contributed by atoms with Gasteiger partial charge in [0.25, 0.3) is 0 Å². The summed E-state index contributed by atoms with van der Waals surface area (Å²) >= 11 is 8.32. The molecular formula is H3O3PS3. The van der Waals surface area contributed by atoms with Gasteiger partial charge in [0.1, 0.15) is 0 Å². The fourth-order valence-electron chi connectivity index (χ4n) is 0. The van der Waals surface area contributed by atoms with Gasteiger partial charge in [0.05, 0.1) is 0 Å². The van der Waals surface area contributed by atoms with Crippen LogP contribution in [-0.2, 0) is 29.6 Å². The topological polar surface area (TPSA) is 60.7 Å². The van der Waals surface area contributed by atoms with Crippen LogP contribution in [0.25, 0.3) is 0 Å². The lowest BCUT2D eigenvalue weighted by Crippen LogP contribution is -1.70. The van der Waals surface area contributed by atoms with E-state index in [1.54, 1.807) is 0 Å². The molecule has 0 saturated heterocycles. The number of hydrogen-bond donors (Lipinski definition) is 3. The minimum absolute atomic E-state index is 1.49. The molecule has 0 aliphatic rings. The third-order valence-corrected chi connectivity index (χ3v) is 5.40. The van der Waals surface area contributed by atoms with Gasteiger partial charge in [-0.1, -0.05) is 0 Å². The van der Waals surface area contributed by atoms with Crippen molar-refractivity contribution in [1.29, 1.82) is 0 Å². The summed E-state index contributed by atoms with van der Waals surface area (Å²) in [4.78, 5) is 24.4. The summed E-state index contributed by atoms with van der Waals surface area (Å²) in [6.07, 6.45) is 0. The summed E-state index contributed by atoms with van der Waals surface area (Å²) in [6, 6.07) is 0. The Morgan fingerprint density at radius 3 is 1.29 bits per heavy atom. The summed E-state index contributed by atoms with van der Waals surface area (Å²) in [5.41, 5.74) is 0. The quantitative estimate of drug-likeness (QED) is 0.423. The first-order valence-electron chi connectivity index (χ1n) is 1.12. The molecule has 0 aromatic rings. The molecule has 0 saturated carbocycles. The highest BCUT2D eigenvalue weighted by molar-refractivity contribution is 8.58. The van der Waals surface area contributed by atoms with Crippen molar-refractivity contribution >= 4 is 36.3 Å². The van der Waals surface area contributed by atoms with Crippen LogP contribution in [-0.4, -0.2) is 14.7 Å². The molecule has 3 nitrogen and oxygen atoms in total. The third-order valence-electron chi connectivity index (χ3n) is 0.200. The molecule has 7 heavy (non-hydrogen) atoms. The highest BCUT2D eigenvalue weighted by Crippen LogP contribution is 2.29. The van der Waals surface area contributed by atoms with Gasteiger partial charge < -0.3 is 14.7 Å². The van der Waals surface area contributed by atoms with Crippen LogP contribution in [0.2, 0.25) is 0 Å². The molecule has 0 spiro atoms. The fourth-order valence-corrected chi connectivity index (χ4v) is 0. The zero-order chi connectivity index (χ0) is 6.08. The molecule has 0 heterocycles. The Bertz CT molecular complexity index is 176. The van der Waals surface area contributed by atoms with E-state index < -0.39 is 13.9 Å². The lowest BCUT2D eigenvalue weighted by atomic mass is 15.8. The molecule has 0 bridgehead atoms. The van der Waals surface area contributed by atoms with Crippen molar-refractivity contribution in [3.63, 3.8) is 0 Å². The van der Waals surface area contributed by atoms with Gasteiger partial charge >= 0.3 is 6.72 Å². The van der Waals surface area contributed by atoms with Crippen LogP contribution in [0, 0.1) is 0 Å². The van der Waals surface area contributed by atoms with Gasteiger partial charge in [0.2, 0.25) is 0 Å². The van der Waals surface area contributed by atoms with Crippen molar-refractivity contribution < 1.29 is 14.7 Å². The van der Waals surface area contributed by atoms with Crippen LogP contribution in [0.5, 0.6) is 0 Å². The van der Waals surface area contributed by atoms with Gasteiger partial charge in [-0.3, -0.25) is 0 Å². The molecule has 0 unspecified atom stereocenters. The number of rotatable bonds is 0. The van der Waals surface area contributed by atoms with Crippen molar-refractivity contribution in [2.75, 3.05) is 0 Å². The first kappa shape index (κ1) is 7.97. The Labute approximate surface area is 51.3 Å². The molecule has 0 amide bonds. The van der Waals surface area contributed by atoms with Gasteiger partial charge in [-0.15, -0.1) is 0 Å². The molecule has 0 radical (unpaired) electrons. The Balaban J connectivity index is 5.09. The minimum atomic E-state index is -3.83. The maximum atomic E-state index is 8.12. The summed E-state index contributed by atoms with van der Waals surface area (Å²) in [7, 11) is -1.49. The van der Waals surface area contributed by atoms with Crippen LogP contribution in [0.4, 0.5) is 0 Å². The maximum absolute atomic E-state index is 8.12. The second-order valence-electron chi connectivity index (χ2n) is 0.730. The standard InChI is InChI=1S/H3O3PS3/c1-4(2,3)7(5)6/h1-3H. The van der Waals surface area contributed by atoms with Crippen LogP contribution < -0.4 is 0 Å². The van der Waals surface area contributed by atoms with Crippen LogP contribution >= 0.6 is 6.72 Å². The lowest BCUT2D eigenvalue weighted by Gasteiger charge is -1.92. The van der Waals surface area contributed by atoms with E-state index in [4.69, 9.17) is 14.7 Å². The molecule has 0 aromatic carbocycles. The largest absolute Gasteiger partial charge is 0.325 e. The average Bonchev–Trinajstić information content (AvgIpc) is 1.31. The third kappa shape index (κ3) is 3.54. The van der Waals surface area contributed by atoms with E-state index in [-0.39, 0.29) is 0 Å². The van der Waals surface area contributed by atoms with E-state index in [2.05, 4.69) is 22.4 Å². The van der Waals surface area contributed by atoms with Crippen LogP contribution in [0.3, 0.4) is 0 Å². The van der Waals surface area contributed by atoms with E-state index in [1.807, 2.05) is 0 Å². The van der Waals surface area contributed by atoms with Crippen molar-refractivity contribution in [3.8, 4) is 0 Å². The summed E-state index contributed by atoms with van der Waals surface area (Å²) in [5.74, 6) is 0. The molecule has 0 aromatic heterocycles. The van der Waals surface area contributed by atoms with Crippen LogP contribution in [0.1, 0.15) is 0 Å². The van der Waals surface area contributed by atoms with Gasteiger partial charge in [-0.05, 0) is 22.4 Å². The average molecular weight is 178 g/mol. The predicted molar refractivity (Wildman–Crippen MR) is 35.7 cm³/mol. The maximum Gasteiger partial charge on any atom is 0.320 e.